The van der Waals surface area contributed by atoms with Gasteiger partial charge in [-0.1, -0.05) is 0 Å². The van der Waals surface area contributed by atoms with E-state index in [4.69, 9.17) is 0 Å². The highest BCUT2D eigenvalue weighted by Crippen LogP contribution is 2.43. The number of carbonyl (C=O) groups excluding carboxylic acids is 1. The Balaban J connectivity index is 1.71. The molecule has 1 saturated carbocycles. The van der Waals surface area contributed by atoms with E-state index in [9.17, 15) is 4.79 Å². The van der Waals surface area contributed by atoms with E-state index >= 15 is 0 Å². The van der Waals surface area contributed by atoms with Gasteiger partial charge in [-0.15, -0.1) is 0 Å². The van der Waals surface area contributed by atoms with E-state index in [1.165, 1.54) is 12.8 Å². The van der Waals surface area contributed by atoms with Crippen molar-refractivity contribution in [3.05, 3.63) is 24.3 Å². The molecule has 1 aromatic heterocycles. The van der Waals surface area contributed by atoms with E-state index in [0.717, 1.165) is 63.5 Å². The van der Waals surface area contributed by atoms with Gasteiger partial charge in [-0.05, 0) is 51.0 Å². The second-order valence-corrected chi connectivity index (χ2v) is 6.94. The molecule has 3 aliphatic rings. The van der Waals surface area contributed by atoms with Crippen LogP contribution in [0, 0.1) is 5.92 Å². The van der Waals surface area contributed by atoms with Gasteiger partial charge in [0, 0.05) is 32.0 Å². The number of amides is 1. The summed E-state index contributed by atoms with van der Waals surface area (Å²) >= 11 is 0. The van der Waals surface area contributed by atoms with E-state index in [1.54, 1.807) is 18.6 Å². The summed E-state index contributed by atoms with van der Waals surface area (Å²) in [5.74, 6) is 1.05. The minimum Gasteiger partial charge on any atom is -0.341 e. The summed E-state index contributed by atoms with van der Waals surface area (Å²) in [6.07, 6.45) is 12.1. The number of hydrogen-bond acceptors (Lipinski definition) is 4. The van der Waals surface area contributed by atoms with E-state index in [-0.39, 0.29) is 5.91 Å². The molecule has 2 saturated heterocycles. The van der Waals surface area contributed by atoms with Crippen LogP contribution in [0.5, 0.6) is 0 Å². The van der Waals surface area contributed by atoms with Crippen molar-refractivity contribution >= 4 is 5.91 Å². The van der Waals surface area contributed by atoms with Gasteiger partial charge in [-0.3, -0.25) is 19.7 Å². The average molecular weight is 300 g/mol. The van der Waals surface area contributed by atoms with Gasteiger partial charge in [0.25, 0.3) is 0 Å². The highest BCUT2D eigenvalue weighted by atomic mass is 16.2. The molecule has 0 spiro atoms. The molecule has 1 atom stereocenters. The molecular formula is C17H24N4O. The predicted molar refractivity (Wildman–Crippen MR) is 83.1 cm³/mol. The zero-order chi connectivity index (χ0) is 15.0. The van der Waals surface area contributed by atoms with Crippen LogP contribution in [0.3, 0.4) is 0 Å². The lowest BCUT2D eigenvalue weighted by molar-refractivity contribution is -0.143. The maximum atomic E-state index is 13.4. The number of carbonyl (C=O) groups is 1. The SMILES string of the molecule is O=C(N1CCCC1)[C@]1(c2cnccn2)CCCN1CC1CC1. The van der Waals surface area contributed by atoms with Crippen molar-refractivity contribution in [3.63, 3.8) is 0 Å². The fraction of sp³-hybridized carbons (Fsp3) is 0.706. The minimum absolute atomic E-state index is 0.267. The maximum absolute atomic E-state index is 13.4. The van der Waals surface area contributed by atoms with Crippen LogP contribution in [-0.2, 0) is 10.3 Å². The minimum atomic E-state index is -0.554. The molecule has 118 valence electrons. The van der Waals surface area contributed by atoms with Gasteiger partial charge in [0.15, 0.2) is 0 Å². The normalized spacial score (nSPS) is 29.2. The largest absolute Gasteiger partial charge is 0.341 e. The Morgan fingerprint density at radius 2 is 2.00 bits per heavy atom. The first-order valence-electron chi connectivity index (χ1n) is 8.61. The fourth-order valence-electron chi connectivity index (χ4n) is 4.07. The summed E-state index contributed by atoms with van der Waals surface area (Å²) in [6, 6.07) is 0. The fourth-order valence-corrected chi connectivity index (χ4v) is 4.07. The van der Waals surface area contributed by atoms with Crippen LogP contribution < -0.4 is 0 Å². The van der Waals surface area contributed by atoms with Crippen LogP contribution in [0.4, 0.5) is 0 Å². The number of aromatic nitrogens is 2. The molecule has 0 aromatic carbocycles. The quantitative estimate of drug-likeness (QED) is 0.851. The first-order chi connectivity index (χ1) is 10.8. The highest BCUT2D eigenvalue weighted by Gasteiger charge is 2.53. The van der Waals surface area contributed by atoms with Gasteiger partial charge in [-0.2, -0.15) is 0 Å². The topological polar surface area (TPSA) is 49.3 Å². The van der Waals surface area contributed by atoms with Crippen molar-refractivity contribution in [1.82, 2.24) is 19.8 Å². The second-order valence-electron chi connectivity index (χ2n) is 6.94. The Morgan fingerprint density at radius 1 is 1.18 bits per heavy atom. The molecule has 5 heteroatoms. The molecule has 2 aliphatic heterocycles. The third-order valence-corrected chi connectivity index (χ3v) is 5.42. The Hall–Kier alpha value is -1.49. The summed E-state index contributed by atoms with van der Waals surface area (Å²) in [7, 11) is 0. The smallest absolute Gasteiger partial charge is 0.249 e. The molecule has 1 amide bonds. The van der Waals surface area contributed by atoms with Gasteiger partial charge in [0.1, 0.15) is 5.54 Å². The van der Waals surface area contributed by atoms with E-state index in [0.29, 0.717) is 0 Å². The standard InChI is InChI=1S/C17H24N4O/c22-16(20-9-1-2-10-20)17(15-12-18-7-8-19-15)6-3-11-21(17)13-14-4-5-14/h7-8,12,14H,1-6,9-11,13H2/t17-/m1/s1. The maximum Gasteiger partial charge on any atom is 0.249 e. The van der Waals surface area contributed by atoms with Crippen molar-refractivity contribution < 1.29 is 4.79 Å². The van der Waals surface area contributed by atoms with Gasteiger partial charge in [-0.25, -0.2) is 0 Å². The molecule has 5 nitrogen and oxygen atoms in total. The van der Waals surface area contributed by atoms with Crippen LogP contribution >= 0.6 is 0 Å². The second kappa shape index (κ2) is 5.61. The Labute approximate surface area is 131 Å². The van der Waals surface area contributed by atoms with Crippen LogP contribution in [0.1, 0.15) is 44.2 Å². The van der Waals surface area contributed by atoms with Crippen LogP contribution in [0.25, 0.3) is 0 Å². The lowest BCUT2D eigenvalue weighted by atomic mass is 9.90. The summed E-state index contributed by atoms with van der Waals surface area (Å²) in [5.41, 5.74) is 0.298. The third kappa shape index (κ3) is 2.32. The van der Waals surface area contributed by atoms with Crippen molar-refractivity contribution in [3.8, 4) is 0 Å². The average Bonchev–Trinajstić information content (AvgIpc) is 3.05. The summed E-state index contributed by atoms with van der Waals surface area (Å²) in [6.45, 7) is 3.85. The van der Waals surface area contributed by atoms with Gasteiger partial charge < -0.3 is 4.90 Å². The van der Waals surface area contributed by atoms with E-state index in [2.05, 4.69) is 19.8 Å². The number of likely N-dealkylation sites (tertiary alicyclic amines) is 2. The molecule has 4 rings (SSSR count). The number of nitrogens with zero attached hydrogens (tertiary/aromatic N) is 4. The van der Waals surface area contributed by atoms with E-state index in [1.807, 2.05) is 0 Å². The van der Waals surface area contributed by atoms with Crippen molar-refractivity contribution in [2.24, 2.45) is 5.92 Å². The molecule has 0 bridgehead atoms. The Bertz CT molecular complexity index is 539. The first-order valence-corrected chi connectivity index (χ1v) is 8.61. The number of hydrogen-bond donors (Lipinski definition) is 0. The van der Waals surface area contributed by atoms with E-state index < -0.39 is 5.54 Å². The zero-order valence-corrected chi connectivity index (χ0v) is 13.1. The molecular weight excluding hydrogens is 276 g/mol. The zero-order valence-electron chi connectivity index (χ0n) is 13.1. The summed E-state index contributed by atoms with van der Waals surface area (Å²) in [4.78, 5) is 26.7. The molecule has 0 N–H and O–H groups in total. The Kier molecular flexibility index (Phi) is 3.60. The van der Waals surface area contributed by atoms with Crippen molar-refractivity contribution in [2.75, 3.05) is 26.2 Å². The van der Waals surface area contributed by atoms with Gasteiger partial charge in [0.2, 0.25) is 5.91 Å². The molecule has 0 unspecified atom stereocenters. The van der Waals surface area contributed by atoms with Gasteiger partial charge in [0.05, 0.1) is 11.9 Å². The van der Waals surface area contributed by atoms with Crippen LogP contribution in [0.15, 0.2) is 18.6 Å². The first kappa shape index (κ1) is 14.1. The van der Waals surface area contributed by atoms with Gasteiger partial charge >= 0.3 is 0 Å². The molecule has 1 aliphatic carbocycles. The van der Waals surface area contributed by atoms with Crippen LogP contribution in [0.2, 0.25) is 0 Å². The summed E-state index contributed by atoms with van der Waals surface area (Å²) < 4.78 is 0. The molecule has 3 fully saturated rings. The molecule has 1 aromatic rings. The Morgan fingerprint density at radius 3 is 2.68 bits per heavy atom. The molecule has 22 heavy (non-hydrogen) atoms. The molecule has 3 heterocycles. The van der Waals surface area contributed by atoms with Crippen LogP contribution in [-0.4, -0.2) is 51.9 Å². The predicted octanol–water partition coefficient (Wildman–Crippen LogP) is 1.80. The number of rotatable bonds is 4. The lowest BCUT2D eigenvalue weighted by Gasteiger charge is -2.39. The summed E-state index contributed by atoms with van der Waals surface area (Å²) in [5, 5.41) is 0. The molecule has 0 radical (unpaired) electrons. The monoisotopic (exact) mass is 300 g/mol. The third-order valence-electron chi connectivity index (χ3n) is 5.42. The lowest BCUT2D eigenvalue weighted by Crippen LogP contribution is -2.54. The van der Waals surface area contributed by atoms with Crippen molar-refractivity contribution in [2.45, 2.75) is 44.1 Å². The highest BCUT2D eigenvalue weighted by molar-refractivity contribution is 5.87. The van der Waals surface area contributed by atoms with Crippen molar-refractivity contribution in [1.29, 1.82) is 0 Å².